The van der Waals surface area contributed by atoms with Crippen molar-refractivity contribution in [1.29, 1.82) is 0 Å². The van der Waals surface area contributed by atoms with Crippen LogP contribution in [0.3, 0.4) is 0 Å². The van der Waals surface area contributed by atoms with Crippen molar-refractivity contribution in [2.24, 2.45) is 0 Å². The fourth-order valence-corrected chi connectivity index (χ4v) is 1.97. The van der Waals surface area contributed by atoms with Crippen molar-refractivity contribution >= 4 is 11.6 Å². The number of nitrogens with two attached hydrogens (primary N) is 1. The molecule has 0 saturated carbocycles. The summed E-state index contributed by atoms with van der Waals surface area (Å²) in [5, 5.41) is 6.90. The van der Waals surface area contributed by atoms with E-state index in [2.05, 4.69) is 23.2 Å². The van der Waals surface area contributed by atoms with Gasteiger partial charge in [-0.3, -0.25) is 9.89 Å². The number of amides is 1. The minimum absolute atomic E-state index is 0.0783. The van der Waals surface area contributed by atoms with E-state index in [9.17, 15) is 4.79 Å². The number of nitrogens with zero attached hydrogens (tertiary/aromatic N) is 2. The number of nitrogens with one attached hydrogen (secondary N) is 1. The number of hydrogen-bond donors (Lipinski definition) is 2. The largest absolute Gasteiger partial charge is 0.395 e. The lowest BCUT2D eigenvalue weighted by Gasteiger charge is -2.22. The van der Waals surface area contributed by atoms with E-state index in [1.165, 1.54) is 0 Å². The third-order valence-corrected chi connectivity index (χ3v) is 2.93. The maximum Gasteiger partial charge on any atom is 0.276 e. The van der Waals surface area contributed by atoms with Crippen molar-refractivity contribution < 1.29 is 4.79 Å². The lowest BCUT2D eigenvalue weighted by molar-refractivity contribution is 0.0766. The fourth-order valence-electron chi connectivity index (χ4n) is 1.97. The number of nitrogen functional groups attached to an aromatic ring is 1. The summed E-state index contributed by atoms with van der Waals surface area (Å²) in [5.41, 5.74) is 7.67. The molecule has 0 spiro atoms. The monoisotopic (exact) mass is 234 g/mol. The normalized spacial score (nSPS) is 15.2. The van der Waals surface area contributed by atoms with E-state index in [-0.39, 0.29) is 5.91 Å². The number of aromatic nitrogens is 2. The molecule has 0 aromatic carbocycles. The van der Waals surface area contributed by atoms with E-state index in [1.54, 1.807) is 4.90 Å². The zero-order valence-corrected chi connectivity index (χ0v) is 10.1. The van der Waals surface area contributed by atoms with Crippen molar-refractivity contribution in [2.75, 3.05) is 18.8 Å². The number of rotatable bonds is 3. The quantitative estimate of drug-likeness (QED) is 0.775. The maximum atomic E-state index is 12.2. The van der Waals surface area contributed by atoms with Crippen LogP contribution in [0.5, 0.6) is 0 Å². The van der Waals surface area contributed by atoms with E-state index >= 15 is 0 Å². The first-order valence-corrected chi connectivity index (χ1v) is 6.01. The van der Waals surface area contributed by atoms with Crippen LogP contribution in [0, 0.1) is 0 Å². The molecule has 2 rings (SSSR count). The SMILES string of the molecule is CCCc1[nH]nc(C(=O)N2CC=CCC2)c1N. The van der Waals surface area contributed by atoms with Gasteiger partial charge in [-0.15, -0.1) is 0 Å². The number of aryl methyl sites for hydroxylation is 1. The minimum atomic E-state index is -0.0783. The van der Waals surface area contributed by atoms with Gasteiger partial charge in [0.15, 0.2) is 5.69 Å². The zero-order chi connectivity index (χ0) is 12.3. The Balaban J connectivity index is 2.16. The molecule has 0 fully saturated rings. The van der Waals surface area contributed by atoms with Gasteiger partial charge in [-0.25, -0.2) is 0 Å². The fraction of sp³-hybridized carbons (Fsp3) is 0.500. The van der Waals surface area contributed by atoms with Crippen LogP contribution in [0.4, 0.5) is 5.69 Å². The summed E-state index contributed by atoms with van der Waals surface area (Å²) in [6.07, 6.45) is 6.79. The number of carbonyl (C=O) groups excluding carboxylic acids is 1. The van der Waals surface area contributed by atoms with Gasteiger partial charge >= 0.3 is 0 Å². The van der Waals surface area contributed by atoms with Crippen LogP contribution in [0.15, 0.2) is 12.2 Å². The molecule has 3 N–H and O–H groups in total. The number of H-pyrrole nitrogens is 1. The van der Waals surface area contributed by atoms with E-state index in [1.807, 2.05) is 6.08 Å². The van der Waals surface area contributed by atoms with Crippen LogP contribution in [0.25, 0.3) is 0 Å². The van der Waals surface area contributed by atoms with Crippen molar-refractivity contribution in [2.45, 2.75) is 26.2 Å². The summed E-state index contributed by atoms with van der Waals surface area (Å²) in [4.78, 5) is 13.9. The highest BCUT2D eigenvalue weighted by molar-refractivity contribution is 5.97. The third kappa shape index (κ3) is 2.33. The Morgan fingerprint density at radius 1 is 1.59 bits per heavy atom. The van der Waals surface area contributed by atoms with Gasteiger partial charge in [-0.05, 0) is 12.8 Å². The average molecular weight is 234 g/mol. The number of carbonyl (C=O) groups is 1. The molecular weight excluding hydrogens is 216 g/mol. The minimum Gasteiger partial charge on any atom is -0.395 e. The molecule has 1 aliphatic heterocycles. The molecule has 0 atom stereocenters. The summed E-state index contributed by atoms with van der Waals surface area (Å²) >= 11 is 0. The van der Waals surface area contributed by atoms with Gasteiger partial charge in [0, 0.05) is 13.1 Å². The van der Waals surface area contributed by atoms with Crippen molar-refractivity contribution in [3.8, 4) is 0 Å². The highest BCUT2D eigenvalue weighted by Gasteiger charge is 2.22. The second kappa shape index (κ2) is 5.03. The molecule has 0 radical (unpaired) electrons. The number of anilines is 1. The Labute approximate surface area is 101 Å². The summed E-state index contributed by atoms with van der Waals surface area (Å²) < 4.78 is 0. The molecule has 0 unspecified atom stereocenters. The molecule has 0 saturated heterocycles. The van der Waals surface area contributed by atoms with Crippen LogP contribution >= 0.6 is 0 Å². The number of aromatic amines is 1. The van der Waals surface area contributed by atoms with Crippen molar-refractivity contribution in [1.82, 2.24) is 15.1 Å². The number of hydrogen-bond acceptors (Lipinski definition) is 3. The van der Waals surface area contributed by atoms with Gasteiger partial charge in [0.2, 0.25) is 0 Å². The highest BCUT2D eigenvalue weighted by atomic mass is 16.2. The first-order valence-electron chi connectivity index (χ1n) is 6.01. The standard InChI is InChI=1S/C12H18N4O/c1-2-6-9-10(13)11(15-14-9)12(17)16-7-4-3-5-8-16/h3-4H,2,5-8,13H2,1H3,(H,14,15). The second-order valence-electron chi connectivity index (χ2n) is 4.23. The van der Waals surface area contributed by atoms with Gasteiger partial charge in [0.1, 0.15) is 0 Å². The lowest BCUT2D eigenvalue weighted by Crippen LogP contribution is -2.34. The van der Waals surface area contributed by atoms with Gasteiger partial charge in [0.25, 0.3) is 5.91 Å². The molecule has 0 aliphatic carbocycles. The van der Waals surface area contributed by atoms with Crippen LogP contribution in [-0.4, -0.2) is 34.1 Å². The summed E-state index contributed by atoms with van der Waals surface area (Å²) in [7, 11) is 0. The van der Waals surface area contributed by atoms with E-state index in [0.717, 1.165) is 31.5 Å². The Bertz CT molecular complexity index is 436. The predicted molar refractivity (Wildman–Crippen MR) is 66.7 cm³/mol. The van der Waals surface area contributed by atoms with Gasteiger partial charge in [-0.1, -0.05) is 25.5 Å². The molecule has 17 heavy (non-hydrogen) atoms. The predicted octanol–water partition coefficient (Wildman–Crippen LogP) is 1.35. The summed E-state index contributed by atoms with van der Waals surface area (Å²) in [6.45, 7) is 3.45. The van der Waals surface area contributed by atoms with Crippen LogP contribution in [0.1, 0.15) is 35.9 Å². The Morgan fingerprint density at radius 2 is 2.41 bits per heavy atom. The van der Waals surface area contributed by atoms with Gasteiger partial charge in [-0.2, -0.15) is 5.10 Å². The van der Waals surface area contributed by atoms with Crippen LogP contribution in [-0.2, 0) is 6.42 Å². The molecule has 1 aliphatic rings. The summed E-state index contributed by atoms with van der Waals surface area (Å²) in [5.74, 6) is -0.0783. The molecule has 1 amide bonds. The molecule has 1 aromatic heterocycles. The van der Waals surface area contributed by atoms with Crippen LogP contribution < -0.4 is 5.73 Å². The topological polar surface area (TPSA) is 75.0 Å². The molecule has 0 bridgehead atoms. The first kappa shape index (κ1) is 11.7. The molecule has 5 heteroatoms. The van der Waals surface area contributed by atoms with Crippen molar-refractivity contribution in [3.05, 3.63) is 23.5 Å². The van der Waals surface area contributed by atoms with E-state index in [4.69, 9.17) is 5.73 Å². The zero-order valence-electron chi connectivity index (χ0n) is 10.1. The first-order chi connectivity index (χ1) is 8.24. The second-order valence-corrected chi connectivity index (χ2v) is 4.23. The Hall–Kier alpha value is -1.78. The molecular formula is C12H18N4O. The average Bonchev–Trinajstić information content (AvgIpc) is 2.72. The third-order valence-electron chi connectivity index (χ3n) is 2.93. The molecule has 2 heterocycles. The smallest absolute Gasteiger partial charge is 0.276 e. The Morgan fingerprint density at radius 3 is 3.06 bits per heavy atom. The van der Waals surface area contributed by atoms with Crippen LogP contribution in [0.2, 0.25) is 0 Å². The molecule has 5 nitrogen and oxygen atoms in total. The summed E-state index contributed by atoms with van der Waals surface area (Å²) in [6, 6.07) is 0. The van der Waals surface area contributed by atoms with E-state index in [0.29, 0.717) is 17.9 Å². The lowest BCUT2D eigenvalue weighted by atomic mass is 10.2. The molecule has 92 valence electrons. The molecule has 1 aromatic rings. The highest BCUT2D eigenvalue weighted by Crippen LogP contribution is 2.18. The van der Waals surface area contributed by atoms with Gasteiger partial charge < -0.3 is 10.6 Å². The van der Waals surface area contributed by atoms with Gasteiger partial charge in [0.05, 0.1) is 11.4 Å². The maximum absolute atomic E-state index is 12.2. The van der Waals surface area contributed by atoms with E-state index < -0.39 is 0 Å². The van der Waals surface area contributed by atoms with Crippen molar-refractivity contribution in [3.63, 3.8) is 0 Å². The Kier molecular flexibility index (Phi) is 3.46.